The highest BCUT2D eigenvalue weighted by Crippen LogP contribution is 2.33. The van der Waals surface area contributed by atoms with Gasteiger partial charge < -0.3 is 9.47 Å². The maximum absolute atomic E-state index is 13.4. The van der Waals surface area contributed by atoms with Crippen LogP contribution in [0.4, 0.5) is 0 Å². The lowest BCUT2D eigenvalue weighted by Crippen LogP contribution is -2.09. The number of Topliss-reactive ketones (excluding diaryl/α,β-unsaturated/α-hetero) is 2. The number of benzene rings is 3. The standard InChI is InChI=1S/C26H22O4/c1-29-20-13-11-19(12-14-20)24(27)17-23(18-7-3-2-4-8-18)21-15-16-30-25-10-6-5-9-22(25)26(21)28/h2-14H,15-17H2,1H3/b23-21+. The molecule has 3 aromatic rings. The third-order valence-electron chi connectivity index (χ3n) is 5.25. The van der Waals surface area contributed by atoms with E-state index in [1.165, 1.54) is 0 Å². The van der Waals surface area contributed by atoms with Crippen molar-refractivity contribution < 1.29 is 19.1 Å². The monoisotopic (exact) mass is 398 g/mol. The quantitative estimate of drug-likeness (QED) is 0.427. The second-order valence-electron chi connectivity index (χ2n) is 7.08. The van der Waals surface area contributed by atoms with Crippen LogP contribution < -0.4 is 9.47 Å². The summed E-state index contributed by atoms with van der Waals surface area (Å²) in [5.41, 5.74) is 3.38. The largest absolute Gasteiger partial charge is 0.497 e. The number of ether oxygens (including phenoxy) is 2. The minimum atomic E-state index is -0.0792. The van der Waals surface area contributed by atoms with Crippen LogP contribution in [0.5, 0.6) is 11.5 Å². The lowest BCUT2D eigenvalue weighted by atomic mass is 9.88. The van der Waals surface area contributed by atoms with Gasteiger partial charge in [0.1, 0.15) is 11.5 Å². The van der Waals surface area contributed by atoms with Gasteiger partial charge in [-0.2, -0.15) is 0 Å². The van der Waals surface area contributed by atoms with E-state index in [2.05, 4.69) is 0 Å². The van der Waals surface area contributed by atoms with Gasteiger partial charge in [0, 0.05) is 24.0 Å². The summed E-state index contributed by atoms with van der Waals surface area (Å²) >= 11 is 0. The third-order valence-corrected chi connectivity index (χ3v) is 5.25. The molecule has 4 nitrogen and oxygen atoms in total. The third kappa shape index (κ3) is 4.03. The zero-order valence-corrected chi connectivity index (χ0v) is 16.8. The van der Waals surface area contributed by atoms with Crippen LogP contribution in [0.3, 0.4) is 0 Å². The first-order chi connectivity index (χ1) is 14.7. The molecule has 0 saturated heterocycles. The SMILES string of the molecule is COc1ccc(C(=O)C/C(=C2/CCOc3ccccc3C2=O)c2ccccc2)cc1. The first kappa shape index (κ1) is 19.6. The number of hydrogen-bond donors (Lipinski definition) is 0. The fraction of sp³-hybridized carbons (Fsp3) is 0.154. The van der Waals surface area contributed by atoms with E-state index in [-0.39, 0.29) is 18.0 Å². The molecule has 0 amide bonds. The van der Waals surface area contributed by atoms with Gasteiger partial charge in [-0.1, -0.05) is 42.5 Å². The van der Waals surface area contributed by atoms with Crippen molar-refractivity contribution in [2.24, 2.45) is 0 Å². The van der Waals surface area contributed by atoms with Gasteiger partial charge in [0.25, 0.3) is 0 Å². The first-order valence-electron chi connectivity index (χ1n) is 9.88. The maximum atomic E-state index is 13.4. The Labute approximate surface area is 175 Å². The van der Waals surface area contributed by atoms with E-state index in [0.29, 0.717) is 41.2 Å². The molecular weight excluding hydrogens is 376 g/mol. The summed E-state index contributed by atoms with van der Waals surface area (Å²) in [4.78, 5) is 26.5. The molecule has 0 atom stereocenters. The molecule has 150 valence electrons. The Balaban J connectivity index is 1.76. The molecule has 4 heteroatoms. The summed E-state index contributed by atoms with van der Waals surface area (Å²) in [5.74, 6) is 1.16. The molecule has 0 aliphatic carbocycles. The Kier molecular flexibility index (Phi) is 5.75. The molecule has 0 bridgehead atoms. The summed E-state index contributed by atoms with van der Waals surface area (Å²) in [6.07, 6.45) is 0.590. The molecule has 4 rings (SSSR count). The number of fused-ring (bicyclic) bond motifs is 1. The Bertz CT molecular complexity index is 1100. The molecule has 0 radical (unpaired) electrons. The Hall–Kier alpha value is -3.66. The highest BCUT2D eigenvalue weighted by molar-refractivity contribution is 6.17. The first-order valence-corrected chi connectivity index (χ1v) is 9.88. The van der Waals surface area contributed by atoms with Crippen molar-refractivity contribution in [2.45, 2.75) is 12.8 Å². The number of rotatable bonds is 5. The average molecular weight is 398 g/mol. The van der Waals surface area contributed by atoms with E-state index in [4.69, 9.17) is 9.47 Å². The smallest absolute Gasteiger partial charge is 0.193 e. The van der Waals surface area contributed by atoms with Crippen LogP contribution in [-0.2, 0) is 0 Å². The fourth-order valence-electron chi connectivity index (χ4n) is 3.67. The summed E-state index contributed by atoms with van der Waals surface area (Å²) in [6.45, 7) is 0.394. The van der Waals surface area contributed by atoms with Crippen LogP contribution in [-0.4, -0.2) is 25.3 Å². The molecule has 0 N–H and O–H groups in total. The van der Waals surface area contributed by atoms with Crippen LogP contribution in [0.15, 0.2) is 84.4 Å². The van der Waals surface area contributed by atoms with Crippen LogP contribution >= 0.6 is 0 Å². The van der Waals surface area contributed by atoms with Gasteiger partial charge in [-0.25, -0.2) is 0 Å². The van der Waals surface area contributed by atoms with Crippen LogP contribution in [0.25, 0.3) is 5.57 Å². The second-order valence-corrected chi connectivity index (χ2v) is 7.08. The molecule has 30 heavy (non-hydrogen) atoms. The molecule has 0 saturated carbocycles. The van der Waals surface area contributed by atoms with E-state index in [9.17, 15) is 9.59 Å². The van der Waals surface area contributed by atoms with E-state index in [0.717, 1.165) is 11.1 Å². The molecule has 0 fully saturated rings. The van der Waals surface area contributed by atoms with E-state index < -0.39 is 0 Å². The number of carbonyl (C=O) groups is 2. The normalized spacial score (nSPS) is 14.9. The van der Waals surface area contributed by atoms with Crippen molar-refractivity contribution in [3.63, 3.8) is 0 Å². The average Bonchev–Trinajstić information content (AvgIpc) is 2.97. The minimum absolute atomic E-state index is 0.0461. The number of ketones is 2. The van der Waals surface area contributed by atoms with Crippen molar-refractivity contribution in [2.75, 3.05) is 13.7 Å². The molecule has 1 aliphatic rings. The van der Waals surface area contributed by atoms with E-state index >= 15 is 0 Å². The lowest BCUT2D eigenvalue weighted by molar-refractivity contribution is 0.0998. The second kappa shape index (κ2) is 8.78. The molecule has 1 heterocycles. The predicted octanol–water partition coefficient (Wildman–Crippen LogP) is 5.39. The van der Waals surface area contributed by atoms with Gasteiger partial charge in [-0.05, 0) is 47.5 Å². The van der Waals surface area contributed by atoms with Gasteiger partial charge in [-0.15, -0.1) is 0 Å². The van der Waals surface area contributed by atoms with E-state index in [1.54, 1.807) is 43.5 Å². The lowest BCUT2D eigenvalue weighted by Gasteiger charge is -2.14. The topological polar surface area (TPSA) is 52.6 Å². The number of carbonyl (C=O) groups excluding carboxylic acids is 2. The molecule has 0 spiro atoms. The maximum Gasteiger partial charge on any atom is 0.193 e. The number of para-hydroxylation sites is 1. The van der Waals surface area contributed by atoms with Crippen molar-refractivity contribution in [3.05, 3.63) is 101 Å². The molecule has 0 unspecified atom stereocenters. The van der Waals surface area contributed by atoms with Gasteiger partial charge in [-0.3, -0.25) is 9.59 Å². The van der Waals surface area contributed by atoms with Crippen LogP contribution in [0, 0.1) is 0 Å². The van der Waals surface area contributed by atoms with Crippen LogP contribution in [0.2, 0.25) is 0 Å². The molecule has 3 aromatic carbocycles. The number of allylic oxidation sites excluding steroid dienone is 1. The van der Waals surface area contributed by atoms with Gasteiger partial charge >= 0.3 is 0 Å². The molecule has 0 aromatic heterocycles. The minimum Gasteiger partial charge on any atom is -0.497 e. The van der Waals surface area contributed by atoms with Crippen LogP contribution in [0.1, 0.15) is 39.1 Å². The van der Waals surface area contributed by atoms with Crippen molar-refractivity contribution in [1.82, 2.24) is 0 Å². The summed E-state index contributed by atoms with van der Waals surface area (Å²) < 4.78 is 11.0. The highest BCUT2D eigenvalue weighted by Gasteiger charge is 2.25. The number of hydrogen-bond acceptors (Lipinski definition) is 4. The summed E-state index contributed by atoms with van der Waals surface area (Å²) in [7, 11) is 1.59. The molecule has 1 aliphatic heterocycles. The zero-order chi connectivity index (χ0) is 20.9. The van der Waals surface area contributed by atoms with Gasteiger partial charge in [0.15, 0.2) is 11.6 Å². The Morgan fingerprint density at radius 1 is 0.900 bits per heavy atom. The summed E-state index contributed by atoms with van der Waals surface area (Å²) in [5, 5.41) is 0. The van der Waals surface area contributed by atoms with Crippen molar-refractivity contribution in [3.8, 4) is 11.5 Å². The Morgan fingerprint density at radius 3 is 2.33 bits per heavy atom. The Morgan fingerprint density at radius 2 is 1.60 bits per heavy atom. The van der Waals surface area contributed by atoms with E-state index in [1.807, 2.05) is 42.5 Å². The van der Waals surface area contributed by atoms with Crippen molar-refractivity contribution in [1.29, 1.82) is 0 Å². The summed E-state index contributed by atoms with van der Waals surface area (Å²) in [6, 6.07) is 23.9. The van der Waals surface area contributed by atoms with Gasteiger partial charge in [0.05, 0.1) is 19.3 Å². The fourth-order valence-corrected chi connectivity index (χ4v) is 3.67. The molecular formula is C26H22O4. The predicted molar refractivity (Wildman–Crippen MR) is 116 cm³/mol. The van der Waals surface area contributed by atoms with Gasteiger partial charge in [0.2, 0.25) is 0 Å². The van der Waals surface area contributed by atoms with Crippen molar-refractivity contribution >= 4 is 17.1 Å². The zero-order valence-electron chi connectivity index (χ0n) is 16.8. The number of methoxy groups -OCH3 is 1. The highest BCUT2D eigenvalue weighted by atomic mass is 16.5.